The molecule has 0 saturated carbocycles. The summed E-state index contributed by atoms with van der Waals surface area (Å²) < 4.78 is 0. The van der Waals surface area contributed by atoms with Crippen LogP contribution in [0.15, 0.2) is 6.20 Å². The molecule has 0 aliphatic carbocycles. The second-order valence-electron chi connectivity index (χ2n) is 1.45. The molecule has 0 fully saturated rings. The van der Waals surface area contributed by atoms with Gasteiger partial charge in [-0.2, -0.15) is 12.6 Å². The Morgan fingerprint density at radius 1 is 1.88 bits per heavy atom. The van der Waals surface area contributed by atoms with Crippen molar-refractivity contribution in [2.75, 3.05) is 5.73 Å². The van der Waals surface area contributed by atoms with Gasteiger partial charge in [0, 0.05) is 11.4 Å². The van der Waals surface area contributed by atoms with Crippen LogP contribution in [0.1, 0.15) is 5.69 Å². The summed E-state index contributed by atoms with van der Waals surface area (Å²) in [6.45, 7) is 0. The highest BCUT2D eigenvalue weighted by Gasteiger charge is 1.90. The minimum absolute atomic E-state index is 0.453. The molecule has 0 atom stereocenters. The Morgan fingerprint density at radius 2 is 2.62 bits per heavy atom. The Labute approximate surface area is 52.7 Å². The summed E-state index contributed by atoms with van der Waals surface area (Å²) in [5.41, 5.74) is 6.20. The lowest BCUT2D eigenvalue weighted by Crippen LogP contribution is -1.85. The van der Waals surface area contributed by atoms with Crippen LogP contribution in [-0.2, 0) is 5.75 Å². The smallest absolute Gasteiger partial charge is 0.197 e. The van der Waals surface area contributed by atoms with Crippen molar-refractivity contribution in [2.24, 2.45) is 0 Å². The number of rotatable bonds is 1. The van der Waals surface area contributed by atoms with Gasteiger partial charge in [-0.3, -0.25) is 0 Å². The highest BCUT2D eigenvalue weighted by atomic mass is 32.1. The number of hydrogen-bond donors (Lipinski definition) is 3. The lowest BCUT2D eigenvalue weighted by molar-refractivity contribution is 1.24. The van der Waals surface area contributed by atoms with Crippen LogP contribution < -0.4 is 5.73 Å². The SMILES string of the molecule is Nc1ncc(CS)[nH]1. The summed E-state index contributed by atoms with van der Waals surface area (Å²) >= 11 is 4.00. The van der Waals surface area contributed by atoms with Gasteiger partial charge in [-0.05, 0) is 0 Å². The number of anilines is 1. The third-order valence-corrected chi connectivity index (χ3v) is 1.16. The Morgan fingerprint density at radius 3 is 2.88 bits per heavy atom. The number of thiol groups is 1. The van der Waals surface area contributed by atoms with Gasteiger partial charge in [-0.1, -0.05) is 0 Å². The fourth-order valence-electron chi connectivity index (χ4n) is 0.457. The van der Waals surface area contributed by atoms with E-state index in [4.69, 9.17) is 5.73 Å². The highest BCUT2D eigenvalue weighted by molar-refractivity contribution is 7.79. The molecule has 0 radical (unpaired) electrons. The van der Waals surface area contributed by atoms with Crippen molar-refractivity contribution in [1.82, 2.24) is 9.97 Å². The van der Waals surface area contributed by atoms with Gasteiger partial charge in [0.1, 0.15) is 0 Å². The third kappa shape index (κ3) is 0.949. The molecule has 0 spiro atoms. The molecule has 1 rings (SSSR count). The zero-order chi connectivity index (χ0) is 5.98. The molecule has 0 aliphatic heterocycles. The van der Waals surface area contributed by atoms with E-state index in [1.54, 1.807) is 6.20 Å². The van der Waals surface area contributed by atoms with Crippen molar-refractivity contribution in [2.45, 2.75) is 5.75 Å². The maximum Gasteiger partial charge on any atom is 0.197 e. The van der Waals surface area contributed by atoms with Gasteiger partial charge in [-0.25, -0.2) is 4.98 Å². The maximum atomic E-state index is 5.25. The summed E-state index contributed by atoms with van der Waals surface area (Å²) in [6, 6.07) is 0. The van der Waals surface area contributed by atoms with Crippen molar-refractivity contribution in [1.29, 1.82) is 0 Å². The first-order valence-electron chi connectivity index (χ1n) is 2.23. The molecule has 0 aromatic carbocycles. The lowest BCUT2D eigenvalue weighted by atomic mass is 10.6. The molecule has 0 amide bonds. The van der Waals surface area contributed by atoms with Crippen LogP contribution >= 0.6 is 12.6 Å². The first-order valence-corrected chi connectivity index (χ1v) is 2.86. The lowest BCUT2D eigenvalue weighted by Gasteiger charge is -1.81. The second-order valence-corrected chi connectivity index (χ2v) is 1.77. The van der Waals surface area contributed by atoms with E-state index >= 15 is 0 Å². The van der Waals surface area contributed by atoms with E-state index < -0.39 is 0 Å². The Balaban J connectivity index is 2.84. The molecule has 3 nitrogen and oxygen atoms in total. The van der Waals surface area contributed by atoms with Crippen molar-refractivity contribution in [3.8, 4) is 0 Å². The molecule has 0 saturated heterocycles. The Kier molecular flexibility index (Phi) is 1.43. The number of nitrogen functional groups attached to an aromatic ring is 1. The van der Waals surface area contributed by atoms with Crippen molar-refractivity contribution < 1.29 is 0 Å². The molecule has 8 heavy (non-hydrogen) atoms. The number of nitrogens with two attached hydrogens (primary N) is 1. The average Bonchev–Trinajstić information content (AvgIpc) is 2.14. The van der Waals surface area contributed by atoms with Gasteiger partial charge < -0.3 is 10.7 Å². The average molecular weight is 129 g/mol. The van der Waals surface area contributed by atoms with Gasteiger partial charge in [0.2, 0.25) is 0 Å². The first-order chi connectivity index (χ1) is 3.83. The fraction of sp³-hybridized carbons (Fsp3) is 0.250. The monoisotopic (exact) mass is 129 g/mol. The van der Waals surface area contributed by atoms with Gasteiger partial charge in [0.05, 0.1) is 6.20 Å². The number of nitrogens with zero attached hydrogens (tertiary/aromatic N) is 1. The Hall–Kier alpha value is -0.640. The van der Waals surface area contributed by atoms with E-state index in [1.165, 1.54) is 0 Å². The number of H-pyrrole nitrogens is 1. The molecule has 3 N–H and O–H groups in total. The minimum Gasteiger partial charge on any atom is -0.369 e. The summed E-state index contributed by atoms with van der Waals surface area (Å²) in [5, 5.41) is 0. The van der Waals surface area contributed by atoms with Crippen molar-refractivity contribution in [3.63, 3.8) is 0 Å². The molecule has 1 aromatic heterocycles. The molecule has 0 aliphatic rings. The highest BCUT2D eigenvalue weighted by Crippen LogP contribution is 1.99. The van der Waals surface area contributed by atoms with E-state index in [2.05, 4.69) is 22.6 Å². The topological polar surface area (TPSA) is 54.7 Å². The normalized spacial score (nSPS) is 9.62. The molecular formula is C4H7N3S. The predicted octanol–water partition coefficient (Wildman–Crippen LogP) is 0.422. The Bertz CT molecular complexity index is 172. The number of aromatic amines is 1. The van der Waals surface area contributed by atoms with E-state index in [-0.39, 0.29) is 0 Å². The first kappa shape index (κ1) is 5.50. The zero-order valence-electron chi connectivity index (χ0n) is 4.26. The van der Waals surface area contributed by atoms with Crippen molar-refractivity contribution in [3.05, 3.63) is 11.9 Å². The molecule has 0 unspecified atom stereocenters. The fourth-order valence-corrected chi connectivity index (χ4v) is 0.618. The van der Waals surface area contributed by atoms with E-state index in [1.807, 2.05) is 0 Å². The molecule has 4 heteroatoms. The summed E-state index contributed by atoms with van der Waals surface area (Å²) in [6.07, 6.45) is 1.67. The largest absolute Gasteiger partial charge is 0.369 e. The van der Waals surface area contributed by atoms with Crippen LogP contribution in [0.25, 0.3) is 0 Å². The zero-order valence-corrected chi connectivity index (χ0v) is 5.15. The van der Waals surface area contributed by atoms with E-state index in [0.29, 0.717) is 11.7 Å². The molecular weight excluding hydrogens is 122 g/mol. The standard InChI is InChI=1S/C4H7N3S/c5-4-6-1-3(2-8)7-4/h1,8H,2H2,(H3,5,6,7). The second kappa shape index (κ2) is 2.09. The van der Waals surface area contributed by atoms with Crippen LogP contribution in [0, 0.1) is 0 Å². The molecule has 1 aromatic rings. The molecule has 1 heterocycles. The van der Waals surface area contributed by atoms with Gasteiger partial charge in [0.25, 0.3) is 0 Å². The van der Waals surface area contributed by atoms with E-state index in [9.17, 15) is 0 Å². The number of nitrogens with one attached hydrogen (secondary N) is 1. The maximum absolute atomic E-state index is 5.25. The summed E-state index contributed by atoms with van der Waals surface area (Å²) in [7, 11) is 0. The van der Waals surface area contributed by atoms with E-state index in [0.717, 1.165) is 5.69 Å². The van der Waals surface area contributed by atoms with Gasteiger partial charge in [-0.15, -0.1) is 0 Å². The van der Waals surface area contributed by atoms with Crippen LogP contribution in [-0.4, -0.2) is 9.97 Å². The minimum atomic E-state index is 0.453. The summed E-state index contributed by atoms with van der Waals surface area (Å²) in [5.74, 6) is 1.11. The van der Waals surface area contributed by atoms with Crippen molar-refractivity contribution >= 4 is 18.6 Å². The van der Waals surface area contributed by atoms with Crippen LogP contribution in [0.2, 0.25) is 0 Å². The van der Waals surface area contributed by atoms with Crippen LogP contribution in [0.4, 0.5) is 5.95 Å². The van der Waals surface area contributed by atoms with Crippen LogP contribution in [0.3, 0.4) is 0 Å². The predicted molar refractivity (Wildman–Crippen MR) is 35.7 cm³/mol. The molecule has 44 valence electrons. The number of hydrogen-bond acceptors (Lipinski definition) is 3. The number of aromatic nitrogens is 2. The molecule has 0 bridgehead atoms. The van der Waals surface area contributed by atoms with Gasteiger partial charge in [0.15, 0.2) is 5.95 Å². The third-order valence-electron chi connectivity index (χ3n) is 0.818. The quantitative estimate of drug-likeness (QED) is 0.481. The summed E-state index contributed by atoms with van der Waals surface area (Å²) in [4.78, 5) is 6.58. The van der Waals surface area contributed by atoms with Gasteiger partial charge >= 0.3 is 0 Å². The number of imidazole rings is 1. The van der Waals surface area contributed by atoms with Crippen LogP contribution in [0.5, 0.6) is 0 Å².